The van der Waals surface area contributed by atoms with Crippen LogP contribution in [0.5, 0.6) is 0 Å². The average Bonchev–Trinajstić information content (AvgIpc) is 2.26. The summed E-state index contributed by atoms with van der Waals surface area (Å²) in [5.74, 6) is -3.53. The predicted molar refractivity (Wildman–Crippen MR) is 63.0 cm³/mol. The van der Waals surface area contributed by atoms with E-state index < -0.39 is 17.5 Å². The number of aliphatic carboxylic acids is 2. The van der Waals surface area contributed by atoms with E-state index in [2.05, 4.69) is 6.58 Å². The third-order valence-corrected chi connectivity index (χ3v) is 2.24. The van der Waals surface area contributed by atoms with Gasteiger partial charge in [0.05, 0.1) is 11.9 Å². The summed E-state index contributed by atoms with van der Waals surface area (Å²) in [6.45, 7) is 5.68. The van der Waals surface area contributed by atoms with Crippen molar-refractivity contribution in [2.24, 2.45) is 0 Å². The minimum absolute atomic E-state index is 0.462. The highest BCUT2D eigenvalue weighted by molar-refractivity contribution is 6.14. The second-order valence-corrected chi connectivity index (χ2v) is 4.01. The molecule has 0 bridgehead atoms. The minimum atomic E-state index is -1.76. The second-order valence-electron chi connectivity index (χ2n) is 4.01. The van der Waals surface area contributed by atoms with Gasteiger partial charge in [-0.25, -0.2) is 0 Å². The van der Waals surface area contributed by atoms with Gasteiger partial charge in [-0.05, 0) is 30.5 Å². The highest BCUT2D eigenvalue weighted by Crippen LogP contribution is 2.11. The normalized spacial score (nSPS) is 9.61. The number of hydrogen-bond acceptors (Lipinski definition) is 4. The first-order chi connectivity index (χ1) is 8.40. The molecule has 0 aliphatic carbocycles. The summed E-state index contributed by atoms with van der Waals surface area (Å²) in [6.07, 6.45) is 1.73. The summed E-state index contributed by atoms with van der Waals surface area (Å²) >= 11 is 0. The molecule has 0 spiro atoms. The number of hydrogen-bond donors (Lipinski definition) is 0. The maximum absolute atomic E-state index is 10.5. The summed E-state index contributed by atoms with van der Waals surface area (Å²) < 4.78 is 0. The standard InChI is InChI=1S/C14H14O4/c1-9(2)7-10-3-5-11(6-4-10)8-12(13(15)16)14(17)18/h3-6,8H,1,7H2,2H3,(H,15,16)(H,17,18)/p-2. The first-order valence-corrected chi connectivity index (χ1v) is 5.28. The molecule has 0 saturated carbocycles. The van der Waals surface area contributed by atoms with Crippen LogP contribution in [0.3, 0.4) is 0 Å². The molecule has 1 aromatic carbocycles. The molecule has 0 radical (unpaired) electrons. The van der Waals surface area contributed by atoms with E-state index in [-0.39, 0.29) is 0 Å². The van der Waals surface area contributed by atoms with Crippen LogP contribution in [0.2, 0.25) is 0 Å². The molecule has 0 unspecified atom stereocenters. The SMILES string of the molecule is C=C(C)Cc1ccc(C=C(C(=O)[O-])C(=O)[O-])cc1. The van der Waals surface area contributed by atoms with Crippen molar-refractivity contribution in [1.82, 2.24) is 0 Å². The molecule has 1 aromatic rings. The zero-order chi connectivity index (χ0) is 13.7. The number of benzene rings is 1. The Morgan fingerprint density at radius 3 is 2.06 bits per heavy atom. The molecule has 0 saturated heterocycles. The molecule has 4 nitrogen and oxygen atoms in total. The lowest BCUT2D eigenvalue weighted by Gasteiger charge is -2.09. The van der Waals surface area contributed by atoms with Gasteiger partial charge < -0.3 is 19.8 Å². The molecule has 0 amide bonds. The van der Waals surface area contributed by atoms with Crippen LogP contribution < -0.4 is 10.2 Å². The van der Waals surface area contributed by atoms with Crippen LogP contribution in [0.4, 0.5) is 0 Å². The van der Waals surface area contributed by atoms with Crippen LogP contribution >= 0.6 is 0 Å². The quantitative estimate of drug-likeness (QED) is 0.308. The van der Waals surface area contributed by atoms with Crippen LogP contribution in [0.1, 0.15) is 18.1 Å². The fourth-order valence-corrected chi connectivity index (χ4v) is 1.45. The molecule has 0 aliphatic heterocycles. The van der Waals surface area contributed by atoms with Gasteiger partial charge in [-0.3, -0.25) is 0 Å². The lowest BCUT2D eigenvalue weighted by Crippen LogP contribution is -2.36. The van der Waals surface area contributed by atoms with Crippen molar-refractivity contribution in [1.29, 1.82) is 0 Å². The zero-order valence-electron chi connectivity index (χ0n) is 9.93. The van der Waals surface area contributed by atoms with Crippen molar-refractivity contribution in [2.75, 3.05) is 0 Å². The third-order valence-electron chi connectivity index (χ3n) is 2.24. The van der Waals surface area contributed by atoms with Crippen LogP contribution in [-0.4, -0.2) is 11.9 Å². The molecule has 4 heteroatoms. The summed E-state index contributed by atoms with van der Waals surface area (Å²) in [7, 11) is 0. The van der Waals surface area contributed by atoms with Crippen molar-refractivity contribution in [3.05, 3.63) is 53.1 Å². The Morgan fingerprint density at radius 2 is 1.67 bits per heavy atom. The second kappa shape index (κ2) is 5.82. The summed E-state index contributed by atoms with van der Waals surface area (Å²) in [4.78, 5) is 21.1. The molecule has 0 aromatic heterocycles. The molecule has 0 N–H and O–H groups in total. The first kappa shape index (κ1) is 13.7. The summed E-state index contributed by atoms with van der Waals surface area (Å²) in [5, 5.41) is 21.1. The Morgan fingerprint density at radius 1 is 1.17 bits per heavy atom. The Hall–Kier alpha value is -2.36. The Bertz CT molecular complexity index is 493. The van der Waals surface area contributed by atoms with Gasteiger partial charge in [0.1, 0.15) is 0 Å². The molecule has 0 atom stereocenters. The molecule has 1 rings (SSSR count). The molecule has 0 heterocycles. The Kier molecular flexibility index (Phi) is 4.43. The van der Waals surface area contributed by atoms with Gasteiger partial charge in [-0.15, -0.1) is 0 Å². The number of carbonyl (C=O) groups excluding carboxylic acids is 2. The smallest absolute Gasteiger partial charge is 0.0733 e. The van der Waals surface area contributed by atoms with Crippen molar-refractivity contribution in [3.63, 3.8) is 0 Å². The first-order valence-electron chi connectivity index (χ1n) is 5.28. The number of carbonyl (C=O) groups is 2. The van der Waals surface area contributed by atoms with E-state index in [1.165, 1.54) is 0 Å². The van der Waals surface area contributed by atoms with Gasteiger partial charge in [0.2, 0.25) is 0 Å². The van der Waals surface area contributed by atoms with Gasteiger partial charge in [0, 0.05) is 5.57 Å². The fourth-order valence-electron chi connectivity index (χ4n) is 1.45. The van der Waals surface area contributed by atoms with Gasteiger partial charge in [-0.2, -0.15) is 0 Å². The fraction of sp³-hybridized carbons (Fsp3) is 0.143. The summed E-state index contributed by atoms with van der Waals surface area (Å²) in [6, 6.07) is 6.82. The van der Waals surface area contributed by atoms with Crippen LogP contribution in [-0.2, 0) is 16.0 Å². The van der Waals surface area contributed by atoms with Crippen LogP contribution in [0.15, 0.2) is 42.0 Å². The lowest BCUT2D eigenvalue weighted by molar-refractivity contribution is -0.311. The Balaban J connectivity index is 2.98. The summed E-state index contributed by atoms with van der Waals surface area (Å²) in [5.41, 5.74) is 1.61. The maximum atomic E-state index is 10.5. The number of carboxylic acids is 2. The van der Waals surface area contributed by atoms with Gasteiger partial charge in [0.15, 0.2) is 0 Å². The largest absolute Gasteiger partial charge is 0.545 e. The molecule has 0 aliphatic rings. The van der Waals surface area contributed by atoms with Crippen molar-refractivity contribution >= 4 is 18.0 Å². The van der Waals surface area contributed by atoms with E-state index >= 15 is 0 Å². The van der Waals surface area contributed by atoms with Crippen molar-refractivity contribution in [3.8, 4) is 0 Å². The van der Waals surface area contributed by atoms with E-state index in [9.17, 15) is 19.8 Å². The molecular weight excluding hydrogens is 232 g/mol. The zero-order valence-corrected chi connectivity index (χ0v) is 9.93. The van der Waals surface area contributed by atoms with E-state index in [4.69, 9.17) is 0 Å². The molecule has 94 valence electrons. The molecule has 0 fully saturated rings. The Labute approximate surface area is 105 Å². The predicted octanol–water partition coefficient (Wildman–Crippen LogP) is -0.312. The molecule has 18 heavy (non-hydrogen) atoms. The van der Waals surface area contributed by atoms with E-state index in [0.29, 0.717) is 5.56 Å². The lowest BCUT2D eigenvalue weighted by atomic mass is 10.0. The van der Waals surface area contributed by atoms with Crippen LogP contribution in [0.25, 0.3) is 6.08 Å². The minimum Gasteiger partial charge on any atom is -0.545 e. The highest BCUT2D eigenvalue weighted by Gasteiger charge is 2.00. The third kappa shape index (κ3) is 3.90. The van der Waals surface area contributed by atoms with Crippen LogP contribution in [0, 0.1) is 0 Å². The number of allylic oxidation sites excluding steroid dienone is 1. The van der Waals surface area contributed by atoms with E-state index in [1.807, 2.05) is 6.92 Å². The van der Waals surface area contributed by atoms with Gasteiger partial charge in [-0.1, -0.05) is 36.4 Å². The topological polar surface area (TPSA) is 80.3 Å². The van der Waals surface area contributed by atoms with Gasteiger partial charge in [0.25, 0.3) is 0 Å². The average molecular weight is 244 g/mol. The monoisotopic (exact) mass is 244 g/mol. The number of carboxylic acid groups (broad SMARTS) is 2. The van der Waals surface area contributed by atoms with Crippen molar-refractivity contribution < 1.29 is 19.8 Å². The highest BCUT2D eigenvalue weighted by atomic mass is 16.4. The molecular formula is C14H12O4-2. The van der Waals surface area contributed by atoms with Crippen molar-refractivity contribution in [2.45, 2.75) is 13.3 Å². The maximum Gasteiger partial charge on any atom is 0.0733 e. The van der Waals surface area contributed by atoms with Gasteiger partial charge >= 0.3 is 0 Å². The number of rotatable bonds is 5. The van der Waals surface area contributed by atoms with E-state index in [0.717, 1.165) is 23.6 Å². The van der Waals surface area contributed by atoms with E-state index in [1.54, 1.807) is 24.3 Å².